The van der Waals surface area contributed by atoms with Crippen LogP contribution in [0.25, 0.3) is 0 Å². The van der Waals surface area contributed by atoms with Gasteiger partial charge in [0, 0.05) is 44.0 Å². The summed E-state index contributed by atoms with van der Waals surface area (Å²) >= 11 is 0. The third-order valence-electron chi connectivity index (χ3n) is 9.68. The molecule has 1 saturated carbocycles. The Morgan fingerprint density at radius 3 is 2.71 bits per heavy atom. The Hall–Kier alpha value is -2.95. The van der Waals surface area contributed by atoms with Crippen LogP contribution in [0.4, 0.5) is 5.69 Å². The molecule has 222 valence electrons. The van der Waals surface area contributed by atoms with Gasteiger partial charge >= 0.3 is 0 Å². The van der Waals surface area contributed by atoms with Gasteiger partial charge in [-0.05, 0) is 37.3 Å². The van der Waals surface area contributed by atoms with Crippen molar-refractivity contribution < 1.29 is 28.6 Å². The number of methoxy groups -OCH3 is 1. The largest absolute Gasteiger partial charge is 0.497 e. The second-order valence-electron chi connectivity index (χ2n) is 12.1. The lowest BCUT2D eigenvalue weighted by Crippen LogP contribution is -2.57. The number of carbonyl (C=O) groups excluding carboxylic acids is 3. The molecule has 1 aliphatic carbocycles. The van der Waals surface area contributed by atoms with Crippen LogP contribution in [-0.4, -0.2) is 97.8 Å². The number of morpholine rings is 1. The van der Waals surface area contributed by atoms with Crippen LogP contribution in [0, 0.1) is 17.8 Å². The van der Waals surface area contributed by atoms with Crippen LogP contribution in [-0.2, 0) is 23.9 Å². The lowest BCUT2D eigenvalue weighted by molar-refractivity contribution is -0.141. The van der Waals surface area contributed by atoms with Gasteiger partial charge in [-0.3, -0.25) is 19.3 Å². The molecule has 4 aliphatic heterocycles. The van der Waals surface area contributed by atoms with E-state index in [4.69, 9.17) is 14.2 Å². The zero-order valence-electron chi connectivity index (χ0n) is 24.1. The van der Waals surface area contributed by atoms with E-state index in [1.165, 1.54) is 6.42 Å². The first-order chi connectivity index (χ1) is 19.9. The molecule has 5 aliphatic rings. The fourth-order valence-corrected chi connectivity index (χ4v) is 7.52. The van der Waals surface area contributed by atoms with Gasteiger partial charge in [-0.2, -0.15) is 0 Å². The van der Waals surface area contributed by atoms with Gasteiger partial charge in [0.1, 0.15) is 17.4 Å². The van der Waals surface area contributed by atoms with Crippen molar-refractivity contribution in [3.05, 3.63) is 36.4 Å². The summed E-state index contributed by atoms with van der Waals surface area (Å²) in [5.74, 6) is -1.13. The molecule has 7 unspecified atom stereocenters. The number of rotatable bonds is 9. The molecule has 0 aromatic heterocycles. The van der Waals surface area contributed by atoms with Gasteiger partial charge in [-0.1, -0.05) is 38.0 Å². The minimum absolute atomic E-state index is 0.0757. The molecular formula is C31H42N4O6. The van der Waals surface area contributed by atoms with Crippen molar-refractivity contribution in [2.75, 3.05) is 51.8 Å². The van der Waals surface area contributed by atoms with Crippen LogP contribution in [0.3, 0.4) is 0 Å². The summed E-state index contributed by atoms with van der Waals surface area (Å²) in [4.78, 5) is 46.0. The smallest absolute Gasteiger partial charge is 0.246 e. The maximum atomic E-state index is 14.2. The highest BCUT2D eigenvalue weighted by Gasteiger charge is 2.72. The second kappa shape index (κ2) is 11.7. The van der Waals surface area contributed by atoms with Crippen molar-refractivity contribution in [3.63, 3.8) is 0 Å². The van der Waals surface area contributed by atoms with Crippen LogP contribution < -0.4 is 15.4 Å². The van der Waals surface area contributed by atoms with E-state index in [0.717, 1.165) is 45.3 Å². The number of likely N-dealkylation sites (tertiary alicyclic amines) is 1. The number of nitrogens with one attached hydrogen (secondary N) is 2. The van der Waals surface area contributed by atoms with E-state index in [1.807, 2.05) is 12.2 Å². The summed E-state index contributed by atoms with van der Waals surface area (Å²) in [7, 11) is 1.57. The van der Waals surface area contributed by atoms with Crippen molar-refractivity contribution in [2.24, 2.45) is 17.8 Å². The van der Waals surface area contributed by atoms with Crippen LogP contribution in [0.2, 0.25) is 0 Å². The Labute approximate surface area is 241 Å². The molecule has 1 aromatic carbocycles. The fourth-order valence-electron chi connectivity index (χ4n) is 7.52. The Morgan fingerprint density at radius 1 is 1.12 bits per heavy atom. The fraction of sp³-hybridized carbons (Fsp3) is 0.645. The SMILES string of the molecule is COc1cccc(NC(=O)C2C3C=CC4(O3)C2C(=O)N(CCCN2CCOCC2)C4C(=O)NC2CCCCC2C)c1. The Bertz CT molecular complexity index is 1180. The van der Waals surface area contributed by atoms with Gasteiger partial charge in [-0.25, -0.2) is 0 Å². The molecule has 10 nitrogen and oxygen atoms in total. The number of fused-ring (bicyclic) bond motifs is 1. The van der Waals surface area contributed by atoms with Crippen molar-refractivity contribution in [1.82, 2.24) is 15.1 Å². The number of nitrogens with zero attached hydrogens (tertiary/aromatic N) is 2. The summed E-state index contributed by atoms with van der Waals surface area (Å²) in [6, 6.07) is 6.40. The molecule has 2 N–H and O–H groups in total. The molecule has 3 saturated heterocycles. The van der Waals surface area contributed by atoms with Gasteiger partial charge in [0.25, 0.3) is 0 Å². The Morgan fingerprint density at radius 2 is 1.93 bits per heavy atom. The first kappa shape index (κ1) is 28.2. The van der Waals surface area contributed by atoms with Crippen molar-refractivity contribution in [3.8, 4) is 5.75 Å². The highest BCUT2D eigenvalue weighted by molar-refractivity contribution is 6.02. The molecule has 0 radical (unpaired) electrons. The third-order valence-corrected chi connectivity index (χ3v) is 9.68. The summed E-state index contributed by atoms with van der Waals surface area (Å²) in [6.45, 7) is 6.58. The average molecular weight is 567 g/mol. The Kier molecular flexibility index (Phi) is 8.07. The molecule has 4 heterocycles. The summed E-state index contributed by atoms with van der Waals surface area (Å²) < 4.78 is 17.3. The standard InChI is InChI=1S/C31H42N4O6/c1-20-7-3-4-10-23(20)33-29(37)27-31-12-11-24(41-31)25(28(36)32-21-8-5-9-22(19-21)39-2)26(31)30(38)35(27)14-6-13-34-15-17-40-18-16-34/h5,8-9,11-12,19-20,23-27H,3-4,6-7,10,13-18H2,1-2H3,(H,32,36)(H,33,37). The lowest BCUT2D eigenvalue weighted by Gasteiger charge is -2.36. The lowest BCUT2D eigenvalue weighted by atomic mass is 9.74. The van der Waals surface area contributed by atoms with Gasteiger partial charge in [0.15, 0.2) is 0 Å². The zero-order chi connectivity index (χ0) is 28.6. The quantitative estimate of drug-likeness (QED) is 0.441. The number of hydrogen-bond acceptors (Lipinski definition) is 7. The summed E-state index contributed by atoms with van der Waals surface area (Å²) in [6.07, 6.45) is 8.18. The van der Waals surface area contributed by atoms with E-state index < -0.39 is 29.6 Å². The molecule has 2 bridgehead atoms. The molecule has 41 heavy (non-hydrogen) atoms. The molecule has 10 heteroatoms. The highest BCUT2D eigenvalue weighted by Crippen LogP contribution is 2.55. The van der Waals surface area contributed by atoms with E-state index in [2.05, 4.69) is 22.5 Å². The number of carbonyl (C=O) groups is 3. The van der Waals surface area contributed by atoms with Gasteiger partial charge in [0.2, 0.25) is 17.7 Å². The molecule has 4 fully saturated rings. The predicted molar refractivity (Wildman–Crippen MR) is 152 cm³/mol. The van der Waals surface area contributed by atoms with Crippen LogP contribution in [0.5, 0.6) is 5.75 Å². The second-order valence-corrected chi connectivity index (χ2v) is 12.1. The topological polar surface area (TPSA) is 109 Å². The van der Waals surface area contributed by atoms with E-state index in [-0.39, 0.29) is 23.8 Å². The monoisotopic (exact) mass is 566 g/mol. The molecular weight excluding hydrogens is 524 g/mol. The van der Waals surface area contributed by atoms with Crippen molar-refractivity contribution in [2.45, 2.75) is 62.8 Å². The molecule has 6 rings (SSSR count). The first-order valence-electron chi connectivity index (χ1n) is 15.1. The molecule has 3 amide bonds. The van der Waals surface area contributed by atoms with Crippen LogP contribution >= 0.6 is 0 Å². The highest BCUT2D eigenvalue weighted by atomic mass is 16.5. The number of amides is 3. The summed E-state index contributed by atoms with van der Waals surface area (Å²) in [5.41, 5.74) is -0.567. The maximum Gasteiger partial charge on any atom is 0.246 e. The van der Waals surface area contributed by atoms with Gasteiger partial charge < -0.3 is 29.7 Å². The minimum Gasteiger partial charge on any atom is -0.497 e. The van der Waals surface area contributed by atoms with E-state index in [1.54, 1.807) is 36.3 Å². The molecule has 1 spiro atoms. The molecule has 7 atom stereocenters. The number of benzene rings is 1. The average Bonchev–Trinajstić information content (AvgIpc) is 3.62. The van der Waals surface area contributed by atoms with E-state index >= 15 is 0 Å². The minimum atomic E-state index is -1.15. The normalized spacial score (nSPS) is 34.5. The summed E-state index contributed by atoms with van der Waals surface area (Å²) in [5, 5.41) is 6.27. The number of ether oxygens (including phenoxy) is 3. The maximum absolute atomic E-state index is 14.2. The zero-order valence-corrected chi connectivity index (χ0v) is 24.1. The van der Waals surface area contributed by atoms with Crippen molar-refractivity contribution >= 4 is 23.4 Å². The van der Waals surface area contributed by atoms with E-state index in [0.29, 0.717) is 37.1 Å². The molecule has 1 aromatic rings. The Balaban J connectivity index is 1.24. The van der Waals surface area contributed by atoms with Gasteiger partial charge in [0.05, 0.1) is 38.3 Å². The van der Waals surface area contributed by atoms with Crippen LogP contribution in [0.15, 0.2) is 36.4 Å². The first-order valence-corrected chi connectivity index (χ1v) is 15.1. The number of hydrogen-bond donors (Lipinski definition) is 2. The van der Waals surface area contributed by atoms with E-state index in [9.17, 15) is 14.4 Å². The number of anilines is 1. The van der Waals surface area contributed by atoms with Crippen LogP contribution in [0.1, 0.15) is 39.0 Å². The third kappa shape index (κ3) is 5.26. The predicted octanol–water partition coefficient (Wildman–Crippen LogP) is 2.20. The van der Waals surface area contributed by atoms with Gasteiger partial charge in [-0.15, -0.1) is 0 Å². The van der Waals surface area contributed by atoms with Crippen molar-refractivity contribution in [1.29, 1.82) is 0 Å².